The first kappa shape index (κ1) is 20.4. The molecule has 0 spiro atoms. The predicted octanol–water partition coefficient (Wildman–Crippen LogP) is 3.96. The fourth-order valence-corrected chi connectivity index (χ4v) is 2.76. The van der Waals surface area contributed by atoms with Gasteiger partial charge in [0, 0.05) is 12.5 Å². The fraction of sp³-hybridized carbons (Fsp3) is 0.944. The largest absolute Gasteiger partial charge is 0.353 e. The normalized spacial score (nSPS) is 15.3. The van der Waals surface area contributed by atoms with Gasteiger partial charge in [-0.3, -0.25) is 4.79 Å². The van der Waals surface area contributed by atoms with E-state index >= 15 is 0 Å². The Hall–Kier alpha value is -0.570. The van der Waals surface area contributed by atoms with Crippen LogP contribution in [0.15, 0.2) is 0 Å². The lowest BCUT2D eigenvalue weighted by Gasteiger charge is -2.39. The van der Waals surface area contributed by atoms with Gasteiger partial charge in [0.25, 0.3) is 0 Å². The molecule has 2 unspecified atom stereocenters. The average Bonchev–Trinajstić information content (AvgIpc) is 2.41. The molecule has 0 aliphatic rings. The third-order valence-corrected chi connectivity index (χ3v) is 5.63. The number of hydrogen-bond donors (Lipinski definition) is 2. The highest BCUT2D eigenvalue weighted by molar-refractivity contribution is 5.76. The summed E-state index contributed by atoms with van der Waals surface area (Å²) in [5.74, 6) is 2.00. The fourth-order valence-electron chi connectivity index (χ4n) is 2.76. The Morgan fingerprint density at radius 2 is 1.62 bits per heavy atom. The zero-order valence-electron chi connectivity index (χ0n) is 15.3. The van der Waals surface area contributed by atoms with Gasteiger partial charge in [-0.15, -0.1) is 0 Å². The molecule has 3 N–H and O–H groups in total. The van der Waals surface area contributed by atoms with Gasteiger partial charge in [0.1, 0.15) is 0 Å². The van der Waals surface area contributed by atoms with Crippen LogP contribution in [0.25, 0.3) is 0 Å². The minimum absolute atomic E-state index is 0.135. The summed E-state index contributed by atoms with van der Waals surface area (Å²) >= 11 is 0. The van der Waals surface area contributed by atoms with E-state index in [1.165, 1.54) is 6.42 Å². The second kappa shape index (κ2) is 9.45. The molecule has 0 aromatic carbocycles. The molecule has 0 heterocycles. The zero-order valence-corrected chi connectivity index (χ0v) is 15.3. The SMILES string of the molecule is CC(CCC(C)(C(C)C)C(C)C)C(C)NC(=O)CCCN. The Morgan fingerprint density at radius 3 is 2.05 bits per heavy atom. The van der Waals surface area contributed by atoms with E-state index in [1.807, 2.05) is 0 Å². The molecule has 126 valence electrons. The van der Waals surface area contributed by atoms with Crippen molar-refractivity contribution in [2.75, 3.05) is 6.54 Å². The number of amides is 1. The molecular formula is C18H38N2O. The summed E-state index contributed by atoms with van der Waals surface area (Å²) in [5, 5.41) is 3.11. The highest BCUT2D eigenvalue weighted by Crippen LogP contribution is 2.40. The van der Waals surface area contributed by atoms with Crippen molar-refractivity contribution < 1.29 is 4.79 Å². The van der Waals surface area contributed by atoms with Gasteiger partial charge < -0.3 is 11.1 Å². The first-order valence-corrected chi connectivity index (χ1v) is 8.64. The number of nitrogens with one attached hydrogen (secondary N) is 1. The van der Waals surface area contributed by atoms with E-state index in [4.69, 9.17) is 5.73 Å². The Bertz CT molecular complexity index is 292. The molecule has 21 heavy (non-hydrogen) atoms. The van der Waals surface area contributed by atoms with Gasteiger partial charge in [0.15, 0.2) is 0 Å². The first-order chi connectivity index (χ1) is 9.65. The summed E-state index contributed by atoms with van der Waals surface area (Å²) in [6.07, 6.45) is 3.69. The lowest BCUT2D eigenvalue weighted by atomic mass is 9.67. The smallest absolute Gasteiger partial charge is 0.220 e. The number of nitrogens with two attached hydrogens (primary N) is 1. The van der Waals surface area contributed by atoms with Crippen molar-refractivity contribution >= 4 is 5.91 Å². The van der Waals surface area contributed by atoms with Crippen molar-refractivity contribution in [3.63, 3.8) is 0 Å². The predicted molar refractivity (Wildman–Crippen MR) is 92.1 cm³/mol. The molecule has 0 aromatic heterocycles. The van der Waals surface area contributed by atoms with Gasteiger partial charge in [-0.05, 0) is 55.9 Å². The second-order valence-electron chi connectivity index (χ2n) is 7.58. The van der Waals surface area contributed by atoms with E-state index in [-0.39, 0.29) is 11.9 Å². The summed E-state index contributed by atoms with van der Waals surface area (Å²) in [5.41, 5.74) is 5.81. The highest BCUT2D eigenvalue weighted by atomic mass is 16.1. The van der Waals surface area contributed by atoms with Crippen molar-refractivity contribution in [3.05, 3.63) is 0 Å². The van der Waals surface area contributed by atoms with Crippen LogP contribution in [-0.4, -0.2) is 18.5 Å². The van der Waals surface area contributed by atoms with E-state index in [2.05, 4.69) is 53.8 Å². The van der Waals surface area contributed by atoms with Crippen LogP contribution >= 0.6 is 0 Å². The summed E-state index contributed by atoms with van der Waals surface area (Å²) in [4.78, 5) is 11.8. The Balaban J connectivity index is 4.35. The maximum absolute atomic E-state index is 11.8. The van der Waals surface area contributed by atoms with Crippen LogP contribution in [0.4, 0.5) is 0 Å². The minimum Gasteiger partial charge on any atom is -0.353 e. The summed E-state index contributed by atoms with van der Waals surface area (Å²) < 4.78 is 0. The molecule has 0 bridgehead atoms. The topological polar surface area (TPSA) is 55.1 Å². The van der Waals surface area contributed by atoms with E-state index in [9.17, 15) is 4.79 Å². The Kier molecular flexibility index (Phi) is 9.19. The van der Waals surface area contributed by atoms with Crippen molar-refractivity contribution in [1.29, 1.82) is 0 Å². The van der Waals surface area contributed by atoms with E-state index < -0.39 is 0 Å². The third kappa shape index (κ3) is 6.82. The number of rotatable bonds is 10. The van der Waals surface area contributed by atoms with Crippen molar-refractivity contribution in [2.24, 2.45) is 28.9 Å². The second-order valence-corrected chi connectivity index (χ2v) is 7.58. The zero-order chi connectivity index (χ0) is 16.6. The molecule has 0 radical (unpaired) electrons. The molecule has 0 saturated heterocycles. The molecule has 0 rings (SSSR count). The molecule has 3 heteroatoms. The van der Waals surface area contributed by atoms with Gasteiger partial charge >= 0.3 is 0 Å². The van der Waals surface area contributed by atoms with Gasteiger partial charge in [-0.2, -0.15) is 0 Å². The van der Waals surface area contributed by atoms with Crippen LogP contribution in [0.1, 0.15) is 74.1 Å². The summed E-state index contributed by atoms with van der Waals surface area (Å²) in [7, 11) is 0. The maximum Gasteiger partial charge on any atom is 0.220 e. The monoisotopic (exact) mass is 298 g/mol. The molecule has 2 atom stereocenters. The molecule has 0 aliphatic heterocycles. The lowest BCUT2D eigenvalue weighted by molar-refractivity contribution is -0.122. The van der Waals surface area contributed by atoms with Gasteiger partial charge in [-0.1, -0.05) is 41.5 Å². The van der Waals surface area contributed by atoms with Crippen molar-refractivity contribution in [2.45, 2.75) is 80.2 Å². The third-order valence-electron chi connectivity index (χ3n) is 5.63. The minimum atomic E-state index is 0.135. The molecule has 0 fully saturated rings. The summed E-state index contributed by atoms with van der Waals surface area (Å²) in [6, 6.07) is 0.235. The van der Waals surface area contributed by atoms with Gasteiger partial charge in [-0.25, -0.2) is 0 Å². The average molecular weight is 299 g/mol. The van der Waals surface area contributed by atoms with Crippen LogP contribution in [0, 0.1) is 23.2 Å². The molecular weight excluding hydrogens is 260 g/mol. The number of carbonyl (C=O) groups excluding carboxylic acids is 1. The van der Waals surface area contributed by atoms with Crippen LogP contribution in [-0.2, 0) is 4.79 Å². The quantitative estimate of drug-likeness (QED) is 0.641. The van der Waals surface area contributed by atoms with Crippen LogP contribution in [0.3, 0.4) is 0 Å². The van der Waals surface area contributed by atoms with Crippen LogP contribution < -0.4 is 11.1 Å². The van der Waals surface area contributed by atoms with E-state index in [0.717, 1.165) is 12.8 Å². The van der Waals surface area contributed by atoms with Crippen LogP contribution in [0.5, 0.6) is 0 Å². The van der Waals surface area contributed by atoms with Gasteiger partial charge in [0.2, 0.25) is 5.91 Å². The molecule has 0 saturated carbocycles. The number of carbonyl (C=O) groups is 1. The lowest BCUT2D eigenvalue weighted by Crippen LogP contribution is -2.38. The Labute approximate surface area is 132 Å². The summed E-state index contributed by atoms with van der Waals surface area (Å²) in [6.45, 7) is 16.6. The molecule has 3 nitrogen and oxygen atoms in total. The van der Waals surface area contributed by atoms with E-state index in [0.29, 0.717) is 36.1 Å². The van der Waals surface area contributed by atoms with Crippen molar-refractivity contribution in [1.82, 2.24) is 5.32 Å². The van der Waals surface area contributed by atoms with Gasteiger partial charge in [0.05, 0.1) is 0 Å². The number of hydrogen-bond acceptors (Lipinski definition) is 2. The van der Waals surface area contributed by atoms with Crippen LogP contribution in [0.2, 0.25) is 0 Å². The highest BCUT2D eigenvalue weighted by Gasteiger charge is 2.32. The van der Waals surface area contributed by atoms with Crippen molar-refractivity contribution in [3.8, 4) is 0 Å². The Morgan fingerprint density at radius 1 is 1.10 bits per heavy atom. The van der Waals surface area contributed by atoms with E-state index in [1.54, 1.807) is 0 Å². The molecule has 0 aromatic rings. The molecule has 1 amide bonds. The standard InChI is InChI=1S/C18H38N2O/c1-13(2)18(7,14(3)4)11-10-15(5)16(6)20-17(21)9-8-12-19/h13-16H,8-12,19H2,1-7H3,(H,20,21). The molecule has 0 aliphatic carbocycles. The first-order valence-electron chi connectivity index (χ1n) is 8.64. The maximum atomic E-state index is 11.8.